The van der Waals surface area contributed by atoms with Crippen molar-refractivity contribution in [2.75, 3.05) is 26.7 Å². The maximum Gasteiger partial charge on any atom is 0.0701 e. The van der Waals surface area contributed by atoms with E-state index in [-0.39, 0.29) is 11.5 Å². The van der Waals surface area contributed by atoms with Crippen LogP contribution >= 0.6 is 0 Å². The van der Waals surface area contributed by atoms with Crippen LogP contribution in [-0.4, -0.2) is 49.0 Å². The summed E-state index contributed by atoms with van der Waals surface area (Å²) in [5.74, 6) is 0. The van der Waals surface area contributed by atoms with E-state index in [0.29, 0.717) is 6.10 Å². The lowest BCUT2D eigenvalue weighted by atomic mass is 9.87. The number of nitrogens with zero attached hydrogens (tertiary/aromatic N) is 1. The molecular formula is C13H27NO2. The third-order valence-corrected chi connectivity index (χ3v) is 3.60. The van der Waals surface area contributed by atoms with Gasteiger partial charge >= 0.3 is 0 Å². The van der Waals surface area contributed by atoms with Crippen molar-refractivity contribution < 1.29 is 9.84 Å². The summed E-state index contributed by atoms with van der Waals surface area (Å²) in [5.41, 5.74) is -0.0522. The van der Waals surface area contributed by atoms with Crippen LogP contribution in [0.5, 0.6) is 0 Å². The lowest BCUT2D eigenvalue weighted by Crippen LogP contribution is -2.42. The lowest BCUT2D eigenvalue weighted by Gasteiger charge is -2.35. The van der Waals surface area contributed by atoms with E-state index < -0.39 is 0 Å². The zero-order chi connectivity index (χ0) is 12.2. The Bertz CT molecular complexity index is 198. The molecule has 2 atom stereocenters. The first kappa shape index (κ1) is 13.9. The number of likely N-dealkylation sites (N-methyl/N-ethyl adjacent to an activating group) is 1. The largest absolute Gasteiger partial charge is 0.393 e. The van der Waals surface area contributed by atoms with Crippen LogP contribution in [-0.2, 0) is 4.74 Å². The molecular weight excluding hydrogens is 202 g/mol. The molecule has 16 heavy (non-hydrogen) atoms. The van der Waals surface area contributed by atoms with Crippen LogP contribution in [0.1, 0.15) is 40.0 Å². The maximum atomic E-state index is 9.68. The highest BCUT2D eigenvalue weighted by Crippen LogP contribution is 2.22. The third-order valence-electron chi connectivity index (χ3n) is 3.60. The molecule has 0 spiro atoms. The molecule has 1 rings (SSSR count). The summed E-state index contributed by atoms with van der Waals surface area (Å²) in [4.78, 5) is 2.28. The monoisotopic (exact) mass is 229 g/mol. The molecule has 1 heterocycles. The molecule has 1 fully saturated rings. The molecule has 0 aromatic carbocycles. The van der Waals surface area contributed by atoms with Gasteiger partial charge in [0, 0.05) is 25.1 Å². The minimum absolute atomic E-state index is 0.0522. The SMILES string of the molecule is CC(O)C(C)(C)CN(C)CC1CCCCO1. The van der Waals surface area contributed by atoms with Crippen molar-refractivity contribution in [2.24, 2.45) is 5.41 Å². The van der Waals surface area contributed by atoms with Crippen LogP contribution in [0.25, 0.3) is 0 Å². The van der Waals surface area contributed by atoms with Crippen LogP contribution in [0, 0.1) is 5.41 Å². The van der Waals surface area contributed by atoms with Gasteiger partial charge in [-0.2, -0.15) is 0 Å². The van der Waals surface area contributed by atoms with Crippen LogP contribution in [0.2, 0.25) is 0 Å². The van der Waals surface area contributed by atoms with Crippen LogP contribution in [0.4, 0.5) is 0 Å². The lowest BCUT2D eigenvalue weighted by molar-refractivity contribution is -0.0173. The van der Waals surface area contributed by atoms with E-state index in [9.17, 15) is 5.11 Å². The van der Waals surface area contributed by atoms with E-state index in [1.807, 2.05) is 6.92 Å². The van der Waals surface area contributed by atoms with Crippen LogP contribution in [0.15, 0.2) is 0 Å². The summed E-state index contributed by atoms with van der Waals surface area (Å²) in [6.45, 7) is 8.88. The molecule has 1 aliphatic rings. The summed E-state index contributed by atoms with van der Waals surface area (Å²) in [6.07, 6.45) is 3.79. The summed E-state index contributed by atoms with van der Waals surface area (Å²) < 4.78 is 5.72. The van der Waals surface area contributed by atoms with E-state index in [1.165, 1.54) is 19.3 Å². The summed E-state index contributed by atoms with van der Waals surface area (Å²) in [5, 5.41) is 9.68. The van der Waals surface area contributed by atoms with E-state index in [0.717, 1.165) is 19.7 Å². The fourth-order valence-corrected chi connectivity index (χ4v) is 2.19. The predicted molar refractivity (Wildman–Crippen MR) is 66.5 cm³/mol. The van der Waals surface area contributed by atoms with Crippen molar-refractivity contribution in [3.05, 3.63) is 0 Å². The molecule has 1 saturated heterocycles. The van der Waals surface area contributed by atoms with Gasteiger partial charge in [-0.25, -0.2) is 0 Å². The van der Waals surface area contributed by atoms with E-state index in [2.05, 4.69) is 25.8 Å². The minimum atomic E-state index is -0.276. The van der Waals surface area contributed by atoms with E-state index in [4.69, 9.17) is 4.74 Å². The van der Waals surface area contributed by atoms with Gasteiger partial charge in [-0.1, -0.05) is 13.8 Å². The van der Waals surface area contributed by atoms with Crippen LogP contribution in [0.3, 0.4) is 0 Å². The fourth-order valence-electron chi connectivity index (χ4n) is 2.19. The Morgan fingerprint density at radius 2 is 2.12 bits per heavy atom. The Morgan fingerprint density at radius 3 is 2.62 bits per heavy atom. The van der Waals surface area contributed by atoms with Crippen LogP contribution < -0.4 is 0 Å². The molecule has 2 unspecified atom stereocenters. The maximum absolute atomic E-state index is 9.68. The average molecular weight is 229 g/mol. The number of aliphatic hydroxyl groups is 1. The second-order valence-electron chi connectivity index (χ2n) is 5.85. The van der Waals surface area contributed by atoms with Gasteiger partial charge in [0.1, 0.15) is 0 Å². The van der Waals surface area contributed by atoms with Gasteiger partial charge in [0.05, 0.1) is 12.2 Å². The average Bonchev–Trinajstić information content (AvgIpc) is 2.17. The second kappa shape index (κ2) is 5.99. The molecule has 1 aliphatic heterocycles. The van der Waals surface area contributed by atoms with Crippen molar-refractivity contribution in [1.82, 2.24) is 4.90 Å². The molecule has 0 aromatic rings. The molecule has 0 aliphatic carbocycles. The standard InChI is InChI=1S/C13H27NO2/c1-11(15)13(2,3)10-14(4)9-12-7-5-6-8-16-12/h11-12,15H,5-10H2,1-4H3. The van der Waals surface area contributed by atoms with Gasteiger partial charge in [-0.05, 0) is 33.2 Å². The Balaban J connectivity index is 2.31. The molecule has 3 heteroatoms. The molecule has 0 saturated carbocycles. The number of rotatable bonds is 5. The molecule has 0 radical (unpaired) electrons. The normalized spacial score (nSPS) is 24.8. The third kappa shape index (κ3) is 4.40. The van der Waals surface area contributed by atoms with Crippen molar-refractivity contribution in [3.63, 3.8) is 0 Å². The van der Waals surface area contributed by atoms with Crippen molar-refractivity contribution in [1.29, 1.82) is 0 Å². The van der Waals surface area contributed by atoms with E-state index >= 15 is 0 Å². The first-order valence-corrected chi connectivity index (χ1v) is 6.40. The molecule has 0 bridgehead atoms. The number of hydrogen-bond acceptors (Lipinski definition) is 3. The first-order valence-electron chi connectivity index (χ1n) is 6.40. The summed E-state index contributed by atoms with van der Waals surface area (Å²) >= 11 is 0. The second-order valence-corrected chi connectivity index (χ2v) is 5.85. The fraction of sp³-hybridized carbons (Fsp3) is 1.00. The quantitative estimate of drug-likeness (QED) is 0.781. The van der Waals surface area contributed by atoms with Gasteiger partial charge in [-0.3, -0.25) is 0 Å². The van der Waals surface area contributed by atoms with Crippen molar-refractivity contribution >= 4 is 0 Å². The Hall–Kier alpha value is -0.120. The molecule has 1 N–H and O–H groups in total. The van der Waals surface area contributed by atoms with Crippen molar-refractivity contribution in [3.8, 4) is 0 Å². The molecule has 96 valence electrons. The van der Waals surface area contributed by atoms with Gasteiger partial charge < -0.3 is 14.7 Å². The highest BCUT2D eigenvalue weighted by atomic mass is 16.5. The van der Waals surface area contributed by atoms with Gasteiger partial charge in [0.2, 0.25) is 0 Å². The summed E-state index contributed by atoms with van der Waals surface area (Å²) in [7, 11) is 2.11. The minimum Gasteiger partial charge on any atom is -0.393 e. The summed E-state index contributed by atoms with van der Waals surface area (Å²) in [6, 6.07) is 0. The topological polar surface area (TPSA) is 32.7 Å². The number of ether oxygens (including phenoxy) is 1. The van der Waals surface area contributed by atoms with E-state index in [1.54, 1.807) is 0 Å². The molecule has 0 aromatic heterocycles. The Labute approximate surface area is 99.8 Å². The van der Waals surface area contributed by atoms with Gasteiger partial charge in [0.15, 0.2) is 0 Å². The Morgan fingerprint density at radius 1 is 1.44 bits per heavy atom. The zero-order valence-corrected chi connectivity index (χ0v) is 11.2. The van der Waals surface area contributed by atoms with Crippen molar-refractivity contribution in [2.45, 2.75) is 52.2 Å². The van der Waals surface area contributed by atoms with Gasteiger partial charge in [-0.15, -0.1) is 0 Å². The van der Waals surface area contributed by atoms with Gasteiger partial charge in [0.25, 0.3) is 0 Å². The number of aliphatic hydroxyl groups excluding tert-OH is 1. The first-order chi connectivity index (χ1) is 7.42. The zero-order valence-electron chi connectivity index (χ0n) is 11.2. The predicted octanol–water partition coefficient (Wildman–Crippen LogP) is 1.89. The molecule has 0 amide bonds. The smallest absolute Gasteiger partial charge is 0.0701 e. The molecule has 3 nitrogen and oxygen atoms in total. The highest BCUT2D eigenvalue weighted by molar-refractivity contribution is 4.79. The highest BCUT2D eigenvalue weighted by Gasteiger charge is 2.27. The number of hydrogen-bond donors (Lipinski definition) is 1. The Kier molecular flexibility index (Phi) is 5.22.